The van der Waals surface area contributed by atoms with Gasteiger partial charge >= 0.3 is 0 Å². The smallest absolute Gasteiger partial charge is 0.251 e. The first-order valence-corrected chi connectivity index (χ1v) is 9.98. The highest BCUT2D eigenvalue weighted by atomic mass is 32.2. The number of rotatable bonds is 5. The van der Waals surface area contributed by atoms with E-state index in [4.69, 9.17) is 9.47 Å². The fourth-order valence-corrected chi connectivity index (χ4v) is 4.61. The van der Waals surface area contributed by atoms with Crippen molar-refractivity contribution in [3.8, 4) is 11.5 Å². The fourth-order valence-electron chi connectivity index (χ4n) is 2.35. The number of hydrogen-bond donors (Lipinski definition) is 0. The molecule has 0 aliphatic rings. The summed E-state index contributed by atoms with van der Waals surface area (Å²) in [6.45, 7) is 0. The summed E-state index contributed by atoms with van der Waals surface area (Å²) < 4.78 is 35.5. The van der Waals surface area contributed by atoms with Crippen LogP contribution in [0.15, 0.2) is 63.6 Å². The molecule has 0 radical (unpaired) electrons. The zero-order chi connectivity index (χ0) is 18.7. The molecular weight excluding hydrogens is 372 g/mol. The van der Waals surface area contributed by atoms with E-state index in [0.717, 1.165) is 16.7 Å². The second-order valence-corrected chi connectivity index (χ2v) is 8.24. The second kappa shape index (κ2) is 7.31. The van der Waals surface area contributed by atoms with Crippen LogP contribution in [0.2, 0.25) is 0 Å². The minimum Gasteiger partial charge on any atom is -0.497 e. The van der Waals surface area contributed by atoms with Gasteiger partial charge in [0.15, 0.2) is 0 Å². The lowest BCUT2D eigenvalue weighted by Crippen LogP contribution is -2.09. The molecule has 0 bridgehead atoms. The first-order valence-electron chi connectivity index (χ1n) is 7.62. The Morgan fingerprint density at radius 2 is 1.58 bits per heavy atom. The number of benzene rings is 2. The summed E-state index contributed by atoms with van der Waals surface area (Å²) >= 11 is 0.886. The van der Waals surface area contributed by atoms with Crippen molar-refractivity contribution in [3.05, 3.63) is 69.0 Å². The Labute approximate surface area is 155 Å². The molecule has 1 heterocycles. The minimum absolute atomic E-state index is 0.232. The molecule has 0 aliphatic heterocycles. The van der Waals surface area contributed by atoms with Crippen molar-refractivity contribution in [2.75, 3.05) is 14.2 Å². The molecule has 2 aromatic carbocycles. The predicted molar refractivity (Wildman–Crippen MR) is 104 cm³/mol. The van der Waals surface area contributed by atoms with Crippen molar-refractivity contribution in [1.29, 1.82) is 0 Å². The first-order chi connectivity index (χ1) is 12.4. The van der Waals surface area contributed by atoms with Crippen LogP contribution in [-0.4, -0.2) is 22.6 Å². The lowest BCUT2D eigenvalue weighted by Gasteiger charge is -2.04. The maximum atomic E-state index is 12.6. The van der Waals surface area contributed by atoms with E-state index in [0.29, 0.717) is 27.1 Å². The third kappa shape index (κ3) is 3.79. The molecule has 3 aromatic rings. The van der Waals surface area contributed by atoms with Crippen LogP contribution in [0.25, 0.3) is 16.2 Å². The third-order valence-electron chi connectivity index (χ3n) is 3.77. The average Bonchev–Trinajstić information content (AvgIpc) is 2.65. The van der Waals surface area contributed by atoms with E-state index in [-0.39, 0.29) is 4.90 Å². The molecular formula is C19H16O5S2. The summed E-state index contributed by atoms with van der Waals surface area (Å²) in [7, 11) is -0.766. The molecule has 7 heteroatoms. The van der Waals surface area contributed by atoms with Gasteiger partial charge in [-0.2, -0.15) is 0 Å². The van der Waals surface area contributed by atoms with Gasteiger partial charge in [-0.15, -0.1) is 0 Å². The van der Waals surface area contributed by atoms with Crippen LogP contribution in [0.3, 0.4) is 0 Å². The zero-order valence-corrected chi connectivity index (χ0v) is 15.8. The SMILES string of the molecule is COc1ccc(C=CS(=O)(=O)c2cc3ccc(OC)cc3sc2=O)cc1. The van der Waals surface area contributed by atoms with Gasteiger partial charge in [0, 0.05) is 10.1 Å². The third-order valence-corrected chi connectivity index (χ3v) is 6.29. The van der Waals surface area contributed by atoms with E-state index in [1.807, 2.05) is 0 Å². The molecule has 0 amide bonds. The van der Waals surface area contributed by atoms with Crippen molar-refractivity contribution in [2.45, 2.75) is 4.90 Å². The number of sulfone groups is 1. The second-order valence-electron chi connectivity index (χ2n) is 5.42. The van der Waals surface area contributed by atoms with E-state index in [1.165, 1.54) is 19.3 Å². The van der Waals surface area contributed by atoms with Gasteiger partial charge in [0.1, 0.15) is 16.4 Å². The van der Waals surface area contributed by atoms with Gasteiger partial charge in [-0.25, -0.2) is 8.42 Å². The van der Waals surface area contributed by atoms with E-state index in [9.17, 15) is 13.2 Å². The standard InChI is InChI=1S/C19H16O5S2/c1-23-15-6-3-13(4-7-15)9-10-26(21,22)18-11-14-5-8-16(24-2)12-17(14)25-19(18)20/h3-12H,1-2H3. The maximum absolute atomic E-state index is 12.6. The van der Waals surface area contributed by atoms with E-state index < -0.39 is 14.6 Å². The molecule has 0 unspecified atom stereocenters. The van der Waals surface area contributed by atoms with E-state index >= 15 is 0 Å². The van der Waals surface area contributed by atoms with Gasteiger partial charge in [0.2, 0.25) is 9.84 Å². The van der Waals surface area contributed by atoms with Crippen LogP contribution < -0.4 is 14.2 Å². The van der Waals surface area contributed by atoms with E-state index in [2.05, 4.69) is 0 Å². The summed E-state index contributed by atoms with van der Waals surface area (Å²) in [5.41, 5.74) is 0.691. The molecule has 0 N–H and O–H groups in total. The van der Waals surface area contributed by atoms with Gasteiger partial charge in [-0.05, 0) is 53.4 Å². The topological polar surface area (TPSA) is 69.7 Å². The molecule has 0 atom stereocenters. The predicted octanol–water partition coefficient (Wildman–Crippen LogP) is 3.72. The van der Waals surface area contributed by atoms with Crippen molar-refractivity contribution >= 4 is 37.3 Å². The summed E-state index contributed by atoms with van der Waals surface area (Å²) in [4.78, 5) is 12.1. The van der Waals surface area contributed by atoms with Crippen molar-refractivity contribution in [3.63, 3.8) is 0 Å². The lowest BCUT2D eigenvalue weighted by atomic mass is 10.2. The minimum atomic E-state index is -3.86. The van der Waals surface area contributed by atoms with Crippen LogP contribution >= 0.6 is 11.3 Å². The van der Waals surface area contributed by atoms with Crippen LogP contribution in [0.5, 0.6) is 11.5 Å². The van der Waals surface area contributed by atoms with Gasteiger partial charge in [0.25, 0.3) is 4.74 Å². The molecule has 0 fully saturated rings. The average molecular weight is 388 g/mol. The molecule has 3 rings (SSSR count). The normalized spacial score (nSPS) is 11.8. The molecule has 134 valence electrons. The highest BCUT2D eigenvalue weighted by Gasteiger charge is 2.17. The molecule has 0 saturated heterocycles. The Morgan fingerprint density at radius 3 is 2.23 bits per heavy atom. The number of hydrogen-bond acceptors (Lipinski definition) is 6. The number of methoxy groups -OCH3 is 2. The fraction of sp³-hybridized carbons (Fsp3) is 0.105. The van der Waals surface area contributed by atoms with Crippen molar-refractivity contribution in [1.82, 2.24) is 0 Å². The Hall–Kier alpha value is -2.64. The summed E-state index contributed by atoms with van der Waals surface area (Å²) in [5.74, 6) is 1.29. The molecule has 0 saturated carbocycles. The Kier molecular flexibility index (Phi) is 5.11. The maximum Gasteiger partial charge on any atom is 0.251 e. The Bertz CT molecular complexity index is 1130. The van der Waals surface area contributed by atoms with Crippen LogP contribution in [0.1, 0.15) is 5.56 Å². The van der Waals surface area contributed by atoms with E-state index in [1.54, 1.807) is 49.6 Å². The largest absolute Gasteiger partial charge is 0.497 e. The van der Waals surface area contributed by atoms with Gasteiger partial charge in [-0.1, -0.05) is 23.5 Å². The quantitative estimate of drug-likeness (QED) is 0.666. The van der Waals surface area contributed by atoms with Crippen LogP contribution in [0, 0.1) is 0 Å². The Morgan fingerprint density at radius 1 is 0.923 bits per heavy atom. The highest BCUT2D eigenvalue weighted by Crippen LogP contribution is 2.25. The Balaban J connectivity index is 1.99. The number of ether oxygens (including phenoxy) is 2. The molecule has 0 aliphatic carbocycles. The molecule has 0 spiro atoms. The van der Waals surface area contributed by atoms with Crippen LogP contribution in [0.4, 0.5) is 0 Å². The van der Waals surface area contributed by atoms with Crippen molar-refractivity contribution in [2.24, 2.45) is 0 Å². The summed E-state index contributed by atoms with van der Waals surface area (Å²) in [6, 6.07) is 13.5. The zero-order valence-electron chi connectivity index (χ0n) is 14.1. The van der Waals surface area contributed by atoms with Gasteiger partial charge in [-0.3, -0.25) is 4.79 Å². The summed E-state index contributed by atoms with van der Waals surface area (Å²) in [5, 5.41) is 1.72. The van der Waals surface area contributed by atoms with Gasteiger partial charge in [0.05, 0.1) is 14.2 Å². The van der Waals surface area contributed by atoms with Crippen molar-refractivity contribution < 1.29 is 17.9 Å². The molecule has 5 nitrogen and oxygen atoms in total. The monoisotopic (exact) mass is 388 g/mol. The summed E-state index contributed by atoms with van der Waals surface area (Å²) in [6.07, 6.45) is 1.46. The number of fused-ring (bicyclic) bond motifs is 1. The molecule has 26 heavy (non-hydrogen) atoms. The van der Waals surface area contributed by atoms with Gasteiger partial charge < -0.3 is 9.47 Å². The lowest BCUT2D eigenvalue weighted by molar-refractivity contribution is 0.415. The first kappa shape index (κ1) is 18.2. The molecule has 1 aromatic heterocycles. The highest BCUT2D eigenvalue weighted by molar-refractivity contribution is 7.94. The van der Waals surface area contributed by atoms with Crippen LogP contribution in [-0.2, 0) is 9.84 Å².